The smallest absolute Gasteiger partial charge is 0.136 e. The molecule has 0 amide bonds. The van der Waals surface area contributed by atoms with Gasteiger partial charge in [0.15, 0.2) is 0 Å². The topological polar surface area (TPSA) is 46.5 Å². The van der Waals surface area contributed by atoms with Gasteiger partial charge < -0.3 is 9.84 Å². The van der Waals surface area contributed by atoms with Crippen LogP contribution >= 0.6 is 0 Å². The largest absolute Gasteiger partial charge is 0.390 e. The van der Waals surface area contributed by atoms with E-state index in [1.807, 2.05) is 13.8 Å². The summed E-state index contributed by atoms with van der Waals surface area (Å²) in [6, 6.07) is 0. The molecular weight excluding hydrogens is 288 g/mol. The van der Waals surface area contributed by atoms with E-state index in [2.05, 4.69) is 13.8 Å². The maximum Gasteiger partial charge on any atom is 0.136 e. The molecule has 0 aromatic heterocycles. The van der Waals surface area contributed by atoms with Crippen LogP contribution in [0, 0.1) is 17.3 Å². The molecule has 0 aromatic carbocycles. The van der Waals surface area contributed by atoms with E-state index in [9.17, 15) is 9.90 Å². The third-order valence-electron chi connectivity index (χ3n) is 6.99. The second-order valence-electron chi connectivity index (χ2n) is 8.17. The van der Waals surface area contributed by atoms with Crippen LogP contribution in [0.2, 0.25) is 0 Å². The van der Waals surface area contributed by atoms with E-state index in [1.165, 1.54) is 6.42 Å². The molecule has 2 rings (SSSR count). The number of carbonyl (C=O) groups is 1. The van der Waals surface area contributed by atoms with E-state index in [0.29, 0.717) is 18.3 Å². The molecule has 0 aliphatic heterocycles. The Morgan fingerprint density at radius 3 is 2.70 bits per heavy atom. The van der Waals surface area contributed by atoms with Gasteiger partial charge in [-0.3, -0.25) is 4.79 Å². The lowest BCUT2D eigenvalue weighted by Crippen LogP contribution is -2.41. The van der Waals surface area contributed by atoms with Crippen molar-refractivity contribution in [2.75, 3.05) is 6.61 Å². The van der Waals surface area contributed by atoms with E-state index >= 15 is 0 Å². The highest BCUT2D eigenvalue weighted by atomic mass is 16.5. The molecule has 4 atom stereocenters. The molecule has 0 unspecified atom stereocenters. The van der Waals surface area contributed by atoms with Crippen molar-refractivity contribution in [1.29, 1.82) is 0 Å². The van der Waals surface area contributed by atoms with Crippen LogP contribution in [-0.2, 0) is 9.53 Å². The number of rotatable bonds is 8. The normalized spacial score (nSPS) is 32.8. The van der Waals surface area contributed by atoms with Crippen molar-refractivity contribution in [3.63, 3.8) is 0 Å². The monoisotopic (exact) mass is 324 g/mol. The summed E-state index contributed by atoms with van der Waals surface area (Å²) >= 11 is 0. The Labute approximate surface area is 142 Å². The Kier molecular flexibility index (Phi) is 6.29. The van der Waals surface area contributed by atoms with Crippen LogP contribution in [-0.4, -0.2) is 29.2 Å². The number of carbonyl (C=O) groups excluding carboxylic acids is 1. The molecule has 0 aromatic rings. The van der Waals surface area contributed by atoms with E-state index in [4.69, 9.17) is 4.74 Å². The summed E-state index contributed by atoms with van der Waals surface area (Å²) in [5, 5.41) is 10.3. The van der Waals surface area contributed by atoms with E-state index in [0.717, 1.165) is 51.4 Å². The van der Waals surface area contributed by atoms with Gasteiger partial charge in [-0.15, -0.1) is 0 Å². The van der Waals surface area contributed by atoms with Crippen LogP contribution in [0.3, 0.4) is 0 Å². The lowest BCUT2D eigenvalue weighted by molar-refractivity contribution is -0.131. The third-order valence-corrected chi connectivity index (χ3v) is 6.99. The van der Waals surface area contributed by atoms with Crippen LogP contribution in [0.4, 0.5) is 0 Å². The first-order valence-electron chi connectivity index (χ1n) is 9.73. The van der Waals surface area contributed by atoms with Gasteiger partial charge in [0.2, 0.25) is 0 Å². The highest BCUT2D eigenvalue weighted by Crippen LogP contribution is 2.55. The molecule has 2 aliphatic rings. The van der Waals surface area contributed by atoms with Gasteiger partial charge >= 0.3 is 0 Å². The fraction of sp³-hybridized carbons (Fsp3) is 0.950. The number of hydrogen-bond acceptors (Lipinski definition) is 3. The fourth-order valence-corrected chi connectivity index (χ4v) is 5.13. The van der Waals surface area contributed by atoms with Crippen LogP contribution in [0.15, 0.2) is 0 Å². The summed E-state index contributed by atoms with van der Waals surface area (Å²) < 4.78 is 6.14. The minimum atomic E-state index is -0.521. The van der Waals surface area contributed by atoms with Gasteiger partial charge in [-0.1, -0.05) is 20.8 Å². The summed E-state index contributed by atoms with van der Waals surface area (Å²) in [6.45, 7) is 9.32. The van der Waals surface area contributed by atoms with Crippen LogP contribution < -0.4 is 0 Å². The molecule has 23 heavy (non-hydrogen) atoms. The molecule has 2 saturated carbocycles. The van der Waals surface area contributed by atoms with Crippen molar-refractivity contribution >= 4 is 5.78 Å². The lowest BCUT2D eigenvalue weighted by atomic mass is 9.64. The highest BCUT2D eigenvalue weighted by molar-refractivity contribution is 5.83. The SMILES string of the molecule is CCC(O)(CC)CCCO[C@H](C)[C@H]1CC[C@H]2C(=O)CCC[C@]12C. The average molecular weight is 325 g/mol. The van der Waals surface area contributed by atoms with Gasteiger partial charge in [0.25, 0.3) is 0 Å². The summed E-state index contributed by atoms with van der Waals surface area (Å²) in [5.41, 5.74) is -0.366. The summed E-state index contributed by atoms with van der Waals surface area (Å²) in [4.78, 5) is 12.2. The van der Waals surface area contributed by atoms with E-state index in [-0.39, 0.29) is 17.4 Å². The first-order chi connectivity index (χ1) is 10.9. The Balaban J connectivity index is 1.82. The third kappa shape index (κ3) is 3.99. The molecule has 0 saturated heterocycles. The van der Waals surface area contributed by atoms with Gasteiger partial charge in [-0.25, -0.2) is 0 Å². The van der Waals surface area contributed by atoms with Crippen LogP contribution in [0.5, 0.6) is 0 Å². The zero-order valence-electron chi connectivity index (χ0n) is 15.6. The lowest BCUT2D eigenvalue weighted by Gasteiger charge is -2.42. The molecule has 134 valence electrons. The minimum absolute atomic E-state index is 0.155. The molecule has 2 fully saturated rings. The van der Waals surface area contributed by atoms with Crippen LogP contribution in [0.1, 0.15) is 85.5 Å². The minimum Gasteiger partial charge on any atom is -0.390 e. The predicted molar refractivity (Wildman–Crippen MR) is 93.4 cm³/mol. The number of hydrogen-bond donors (Lipinski definition) is 1. The molecule has 1 N–H and O–H groups in total. The van der Waals surface area contributed by atoms with Gasteiger partial charge in [0.1, 0.15) is 5.78 Å². The molecule has 2 aliphatic carbocycles. The van der Waals surface area contributed by atoms with Crippen molar-refractivity contribution < 1.29 is 14.6 Å². The standard InChI is InChI=1S/C20H36O3/c1-5-20(22,6-2)13-8-14-23-15(3)16-10-11-17-18(21)9-7-12-19(16,17)4/h15-17,22H,5-14H2,1-4H3/t15-,16-,17+,19-/m1/s1. The quantitative estimate of drug-likeness (QED) is 0.668. The summed E-state index contributed by atoms with van der Waals surface area (Å²) in [7, 11) is 0. The first kappa shape index (κ1) is 18.9. The van der Waals surface area contributed by atoms with E-state index in [1.54, 1.807) is 0 Å². The average Bonchev–Trinajstić information content (AvgIpc) is 2.89. The number of ketones is 1. The van der Waals surface area contributed by atoms with Gasteiger partial charge in [-0.2, -0.15) is 0 Å². The maximum atomic E-state index is 12.2. The molecule has 0 bridgehead atoms. The maximum absolute atomic E-state index is 12.2. The Bertz CT molecular complexity index is 402. The first-order valence-corrected chi connectivity index (χ1v) is 9.73. The van der Waals surface area contributed by atoms with Crippen LogP contribution in [0.25, 0.3) is 0 Å². The van der Waals surface area contributed by atoms with Crippen molar-refractivity contribution in [2.45, 2.75) is 97.2 Å². The second-order valence-corrected chi connectivity index (χ2v) is 8.17. The van der Waals surface area contributed by atoms with Crippen molar-refractivity contribution in [2.24, 2.45) is 17.3 Å². The number of Topliss-reactive ketones (excluding diaryl/α,β-unsaturated/α-hetero) is 1. The summed E-state index contributed by atoms with van der Waals surface area (Å²) in [5.74, 6) is 1.27. The molecular formula is C20H36O3. The fourth-order valence-electron chi connectivity index (χ4n) is 5.13. The Morgan fingerprint density at radius 1 is 1.35 bits per heavy atom. The Hall–Kier alpha value is -0.410. The van der Waals surface area contributed by atoms with Gasteiger partial charge in [0, 0.05) is 18.9 Å². The number of ether oxygens (including phenoxy) is 1. The van der Waals surface area contributed by atoms with Crippen molar-refractivity contribution in [1.82, 2.24) is 0 Å². The number of aliphatic hydroxyl groups is 1. The molecule has 3 heteroatoms. The highest BCUT2D eigenvalue weighted by Gasteiger charge is 2.52. The van der Waals surface area contributed by atoms with Crippen molar-refractivity contribution in [3.8, 4) is 0 Å². The second kappa shape index (κ2) is 7.65. The molecule has 0 heterocycles. The van der Waals surface area contributed by atoms with Gasteiger partial charge in [0.05, 0.1) is 11.7 Å². The van der Waals surface area contributed by atoms with Gasteiger partial charge in [-0.05, 0) is 69.6 Å². The zero-order chi connectivity index (χ0) is 17.1. The zero-order valence-corrected chi connectivity index (χ0v) is 15.6. The molecule has 0 spiro atoms. The van der Waals surface area contributed by atoms with E-state index < -0.39 is 5.60 Å². The Morgan fingerprint density at radius 2 is 2.04 bits per heavy atom. The van der Waals surface area contributed by atoms with Crippen molar-refractivity contribution in [3.05, 3.63) is 0 Å². The predicted octanol–water partition coefficient (Wildman–Crippen LogP) is 4.51. The molecule has 0 radical (unpaired) electrons. The summed E-state index contributed by atoms with van der Waals surface area (Å²) in [6.07, 6.45) is 8.75. The number of fused-ring (bicyclic) bond motifs is 1. The molecule has 3 nitrogen and oxygen atoms in total.